The molecule has 1 aromatic rings. The summed E-state index contributed by atoms with van der Waals surface area (Å²) in [5.74, 6) is 1.12. The second kappa shape index (κ2) is 7.15. The summed E-state index contributed by atoms with van der Waals surface area (Å²) >= 11 is 7.88. The van der Waals surface area contributed by atoms with Crippen LogP contribution in [-0.4, -0.2) is 10.9 Å². The zero-order valence-electron chi connectivity index (χ0n) is 9.00. The molecule has 0 atom stereocenters. The Morgan fingerprint density at radius 2 is 2.13 bits per heavy atom. The molecule has 0 radical (unpaired) electrons. The van der Waals surface area contributed by atoms with Crippen molar-refractivity contribution >= 4 is 23.4 Å². The molecule has 1 nitrogen and oxygen atoms in total. The van der Waals surface area contributed by atoms with E-state index in [2.05, 4.69) is 6.92 Å². The zero-order chi connectivity index (χ0) is 11.1. The summed E-state index contributed by atoms with van der Waals surface area (Å²) in [6, 6.07) is 5.75. The van der Waals surface area contributed by atoms with Crippen molar-refractivity contribution in [3.63, 3.8) is 0 Å². The molecule has 0 aliphatic carbocycles. The third kappa shape index (κ3) is 4.45. The van der Waals surface area contributed by atoms with E-state index in [1.165, 1.54) is 19.3 Å². The lowest BCUT2D eigenvalue weighted by Crippen LogP contribution is -1.85. The van der Waals surface area contributed by atoms with Crippen molar-refractivity contribution in [1.29, 1.82) is 0 Å². The van der Waals surface area contributed by atoms with E-state index in [9.17, 15) is 0 Å². The number of benzene rings is 1. The van der Waals surface area contributed by atoms with Gasteiger partial charge in [0.2, 0.25) is 0 Å². The lowest BCUT2D eigenvalue weighted by Gasteiger charge is -2.05. The Kier molecular flexibility index (Phi) is 6.15. The molecule has 0 aromatic heterocycles. The molecule has 0 unspecified atom stereocenters. The molecular formula is C12H17ClOS. The molecule has 1 N–H and O–H groups in total. The molecule has 3 heteroatoms. The Labute approximate surface area is 101 Å². The second-order valence-corrected chi connectivity index (χ2v) is 5.02. The van der Waals surface area contributed by atoms with Crippen LogP contribution in [0.2, 0.25) is 5.02 Å². The van der Waals surface area contributed by atoms with Crippen LogP contribution in [0, 0.1) is 0 Å². The normalized spacial score (nSPS) is 10.6. The van der Waals surface area contributed by atoms with Gasteiger partial charge in [-0.2, -0.15) is 0 Å². The van der Waals surface area contributed by atoms with Gasteiger partial charge in [0.25, 0.3) is 0 Å². The molecule has 84 valence electrons. The Morgan fingerprint density at radius 3 is 2.73 bits per heavy atom. The number of rotatable bonds is 6. The lowest BCUT2D eigenvalue weighted by atomic mass is 10.2. The number of hydrogen-bond donors (Lipinski definition) is 1. The maximum atomic E-state index is 8.93. The SMILES string of the molecule is CCCCCSc1ccc(CO)cc1Cl. The van der Waals surface area contributed by atoms with E-state index >= 15 is 0 Å². The average molecular weight is 245 g/mol. The molecule has 1 rings (SSSR count). The predicted molar refractivity (Wildman–Crippen MR) is 67.6 cm³/mol. The van der Waals surface area contributed by atoms with Crippen LogP contribution in [-0.2, 0) is 6.61 Å². The number of aliphatic hydroxyl groups excluding tert-OH is 1. The van der Waals surface area contributed by atoms with Crippen molar-refractivity contribution in [2.75, 3.05) is 5.75 Å². The lowest BCUT2D eigenvalue weighted by molar-refractivity contribution is 0.282. The first kappa shape index (κ1) is 12.9. The monoisotopic (exact) mass is 244 g/mol. The van der Waals surface area contributed by atoms with Gasteiger partial charge in [-0.05, 0) is 29.9 Å². The molecule has 0 aliphatic rings. The number of aliphatic hydroxyl groups is 1. The van der Waals surface area contributed by atoms with Crippen LogP contribution in [0.4, 0.5) is 0 Å². The van der Waals surface area contributed by atoms with E-state index in [4.69, 9.17) is 16.7 Å². The van der Waals surface area contributed by atoms with Gasteiger partial charge in [-0.1, -0.05) is 37.4 Å². The molecule has 0 fully saturated rings. The fourth-order valence-electron chi connectivity index (χ4n) is 1.29. The maximum absolute atomic E-state index is 8.93. The summed E-state index contributed by atoms with van der Waals surface area (Å²) in [5, 5.41) is 9.69. The van der Waals surface area contributed by atoms with Crippen LogP contribution in [0.3, 0.4) is 0 Å². The number of hydrogen-bond acceptors (Lipinski definition) is 2. The van der Waals surface area contributed by atoms with Gasteiger partial charge in [0.15, 0.2) is 0 Å². The molecule has 15 heavy (non-hydrogen) atoms. The van der Waals surface area contributed by atoms with E-state index < -0.39 is 0 Å². The summed E-state index contributed by atoms with van der Waals surface area (Å²) in [6.07, 6.45) is 3.76. The van der Waals surface area contributed by atoms with Crippen molar-refractivity contribution in [3.8, 4) is 0 Å². The quantitative estimate of drug-likeness (QED) is 0.600. The molecule has 0 amide bonds. The molecular weight excluding hydrogens is 228 g/mol. The van der Waals surface area contributed by atoms with Crippen molar-refractivity contribution in [3.05, 3.63) is 28.8 Å². The second-order valence-electron chi connectivity index (χ2n) is 3.48. The van der Waals surface area contributed by atoms with Crippen molar-refractivity contribution < 1.29 is 5.11 Å². The molecule has 0 saturated heterocycles. The minimum absolute atomic E-state index is 0.0561. The largest absolute Gasteiger partial charge is 0.392 e. The highest BCUT2D eigenvalue weighted by atomic mass is 35.5. The summed E-state index contributed by atoms with van der Waals surface area (Å²) in [5.41, 5.74) is 0.873. The van der Waals surface area contributed by atoms with Gasteiger partial charge in [0.1, 0.15) is 0 Å². The summed E-state index contributed by atoms with van der Waals surface area (Å²) in [7, 11) is 0. The van der Waals surface area contributed by atoms with Crippen LogP contribution in [0.1, 0.15) is 31.7 Å². The highest BCUT2D eigenvalue weighted by molar-refractivity contribution is 7.99. The Bertz CT molecular complexity index is 302. The van der Waals surface area contributed by atoms with E-state index in [0.29, 0.717) is 0 Å². The number of thioether (sulfide) groups is 1. The van der Waals surface area contributed by atoms with Crippen LogP contribution >= 0.6 is 23.4 Å². The molecule has 0 bridgehead atoms. The summed E-state index contributed by atoms with van der Waals surface area (Å²) in [6.45, 7) is 2.26. The van der Waals surface area contributed by atoms with E-state index in [0.717, 1.165) is 21.2 Å². The van der Waals surface area contributed by atoms with Crippen LogP contribution < -0.4 is 0 Å². The first-order valence-electron chi connectivity index (χ1n) is 5.30. The minimum Gasteiger partial charge on any atom is -0.392 e. The minimum atomic E-state index is 0.0561. The topological polar surface area (TPSA) is 20.2 Å². The fourth-order valence-corrected chi connectivity index (χ4v) is 2.59. The fraction of sp³-hybridized carbons (Fsp3) is 0.500. The highest BCUT2D eigenvalue weighted by Crippen LogP contribution is 2.28. The average Bonchev–Trinajstić information content (AvgIpc) is 2.26. The van der Waals surface area contributed by atoms with E-state index in [1.54, 1.807) is 11.8 Å². The first-order valence-corrected chi connectivity index (χ1v) is 6.66. The van der Waals surface area contributed by atoms with Gasteiger partial charge in [0.05, 0.1) is 11.6 Å². The summed E-state index contributed by atoms with van der Waals surface area (Å²) < 4.78 is 0. The van der Waals surface area contributed by atoms with Crippen molar-refractivity contribution in [1.82, 2.24) is 0 Å². The number of halogens is 1. The Hall–Kier alpha value is -0.180. The van der Waals surface area contributed by atoms with Crippen molar-refractivity contribution in [2.24, 2.45) is 0 Å². The van der Waals surface area contributed by atoms with Gasteiger partial charge in [-0.3, -0.25) is 0 Å². The highest BCUT2D eigenvalue weighted by Gasteiger charge is 2.01. The molecule has 0 saturated carbocycles. The zero-order valence-corrected chi connectivity index (χ0v) is 10.6. The van der Waals surface area contributed by atoms with E-state index in [-0.39, 0.29) is 6.61 Å². The van der Waals surface area contributed by atoms with Gasteiger partial charge in [0, 0.05) is 4.90 Å². The van der Waals surface area contributed by atoms with Crippen molar-refractivity contribution in [2.45, 2.75) is 37.7 Å². The van der Waals surface area contributed by atoms with Gasteiger partial charge in [-0.25, -0.2) is 0 Å². The van der Waals surface area contributed by atoms with E-state index in [1.807, 2.05) is 18.2 Å². The maximum Gasteiger partial charge on any atom is 0.0682 e. The molecule has 1 aromatic carbocycles. The van der Waals surface area contributed by atoms with Gasteiger partial charge < -0.3 is 5.11 Å². The Morgan fingerprint density at radius 1 is 1.33 bits per heavy atom. The third-order valence-electron chi connectivity index (χ3n) is 2.18. The molecule has 0 aliphatic heterocycles. The molecule has 0 spiro atoms. The smallest absolute Gasteiger partial charge is 0.0682 e. The van der Waals surface area contributed by atoms with Gasteiger partial charge in [-0.15, -0.1) is 11.8 Å². The number of unbranched alkanes of at least 4 members (excludes halogenated alkanes) is 2. The summed E-state index contributed by atoms with van der Waals surface area (Å²) in [4.78, 5) is 1.12. The van der Waals surface area contributed by atoms with Gasteiger partial charge >= 0.3 is 0 Å². The molecule has 0 heterocycles. The van der Waals surface area contributed by atoms with Crippen LogP contribution in [0.5, 0.6) is 0 Å². The van der Waals surface area contributed by atoms with Crippen LogP contribution in [0.15, 0.2) is 23.1 Å². The Balaban J connectivity index is 2.47. The first-order chi connectivity index (χ1) is 7.27. The van der Waals surface area contributed by atoms with Crippen LogP contribution in [0.25, 0.3) is 0 Å². The predicted octanol–water partition coefficient (Wildman–Crippen LogP) is 4.11. The third-order valence-corrected chi connectivity index (χ3v) is 3.77. The standard InChI is InChI=1S/C12H17ClOS/c1-2-3-4-7-15-12-6-5-10(9-14)8-11(12)13/h5-6,8,14H,2-4,7,9H2,1H3.